The fraction of sp³-hybridized carbons (Fsp3) is 0.364. The Morgan fingerprint density at radius 2 is 2.19 bits per heavy atom. The lowest BCUT2D eigenvalue weighted by Crippen LogP contribution is -2.15. The van der Waals surface area contributed by atoms with E-state index in [1.165, 1.54) is 0 Å². The van der Waals surface area contributed by atoms with E-state index in [1.807, 2.05) is 0 Å². The van der Waals surface area contributed by atoms with E-state index in [0.717, 1.165) is 5.56 Å². The highest BCUT2D eigenvalue weighted by Crippen LogP contribution is 2.24. The first-order valence-corrected chi connectivity index (χ1v) is 5.71. The molecule has 0 unspecified atom stereocenters. The van der Waals surface area contributed by atoms with Crippen molar-refractivity contribution in [3.8, 4) is 5.75 Å². The van der Waals surface area contributed by atoms with Gasteiger partial charge in [0.25, 0.3) is 0 Å². The summed E-state index contributed by atoms with van der Waals surface area (Å²) in [6.07, 6.45) is 0. The van der Waals surface area contributed by atoms with Crippen molar-refractivity contribution in [1.82, 2.24) is 0 Å². The van der Waals surface area contributed by atoms with Crippen molar-refractivity contribution in [3.63, 3.8) is 0 Å². The van der Waals surface area contributed by atoms with Crippen LogP contribution in [0.15, 0.2) is 18.2 Å². The van der Waals surface area contributed by atoms with E-state index in [4.69, 9.17) is 32.7 Å². The largest absolute Gasteiger partial charge is 0.482 e. The first kappa shape index (κ1) is 13.1. The molecule has 1 aromatic carbocycles. The topological polar surface area (TPSA) is 35.5 Å². The Morgan fingerprint density at radius 3 is 2.81 bits per heavy atom. The van der Waals surface area contributed by atoms with Crippen LogP contribution in [0, 0.1) is 0 Å². The summed E-state index contributed by atoms with van der Waals surface area (Å²) in [6, 6.07) is 5.06. The predicted molar refractivity (Wildman–Crippen MR) is 63.1 cm³/mol. The van der Waals surface area contributed by atoms with E-state index in [2.05, 4.69) is 0 Å². The number of esters is 1. The second-order valence-corrected chi connectivity index (χ2v) is 3.68. The smallest absolute Gasteiger partial charge is 0.344 e. The molecule has 1 rings (SSSR count). The van der Waals surface area contributed by atoms with Crippen molar-refractivity contribution in [3.05, 3.63) is 28.8 Å². The van der Waals surface area contributed by atoms with Gasteiger partial charge < -0.3 is 9.47 Å². The molecule has 0 spiro atoms. The van der Waals surface area contributed by atoms with E-state index in [1.54, 1.807) is 25.1 Å². The van der Waals surface area contributed by atoms with Gasteiger partial charge in [0.1, 0.15) is 5.75 Å². The highest BCUT2D eigenvalue weighted by atomic mass is 35.5. The van der Waals surface area contributed by atoms with Crippen LogP contribution in [0.2, 0.25) is 5.02 Å². The second-order valence-electron chi connectivity index (χ2n) is 2.98. The molecular weight excluding hydrogens is 251 g/mol. The zero-order valence-corrected chi connectivity index (χ0v) is 10.3. The summed E-state index contributed by atoms with van der Waals surface area (Å²) in [5, 5.41) is 0.583. The molecule has 0 radical (unpaired) electrons. The third-order valence-corrected chi connectivity index (χ3v) is 2.34. The molecule has 0 bridgehead atoms. The summed E-state index contributed by atoms with van der Waals surface area (Å²) < 4.78 is 10.0. The summed E-state index contributed by atoms with van der Waals surface area (Å²) in [5.74, 6) is 0.420. The Labute approximate surface area is 104 Å². The van der Waals surface area contributed by atoms with Gasteiger partial charge in [0.15, 0.2) is 6.61 Å². The number of hydrogen-bond acceptors (Lipinski definition) is 3. The number of benzene rings is 1. The number of carbonyl (C=O) groups is 1. The molecule has 0 aliphatic carbocycles. The Kier molecular flexibility index (Phi) is 5.43. The van der Waals surface area contributed by atoms with Crippen LogP contribution in [0.1, 0.15) is 12.5 Å². The van der Waals surface area contributed by atoms with Crippen molar-refractivity contribution in [2.75, 3.05) is 13.2 Å². The van der Waals surface area contributed by atoms with Crippen LogP contribution < -0.4 is 4.74 Å². The summed E-state index contributed by atoms with van der Waals surface area (Å²) in [5.41, 5.74) is 0.749. The van der Waals surface area contributed by atoms with Crippen LogP contribution >= 0.6 is 23.2 Å². The molecule has 0 aliphatic rings. The zero-order valence-electron chi connectivity index (χ0n) is 8.83. The first-order chi connectivity index (χ1) is 7.67. The molecule has 0 N–H and O–H groups in total. The van der Waals surface area contributed by atoms with Crippen LogP contribution in [0.25, 0.3) is 0 Å². The predicted octanol–water partition coefficient (Wildman–Crippen LogP) is 3.02. The Bertz CT molecular complexity index is 366. The van der Waals surface area contributed by atoms with Gasteiger partial charge in [-0.25, -0.2) is 4.79 Å². The monoisotopic (exact) mass is 262 g/mol. The van der Waals surface area contributed by atoms with E-state index in [-0.39, 0.29) is 12.5 Å². The third-order valence-electron chi connectivity index (χ3n) is 1.82. The van der Waals surface area contributed by atoms with Crippen LogP contribution in [0.3, 0.4) is 0 Å². The van der Waals surface area contributed by atoms with Gasteiger partial charge >= 0.3 is 5.97 Å². The summed E-state index contributed by atoms with van der Waals surface area (Å²) >= 11 is 11.5. The van der Waals surface area contributed by atoms with Gasteiger partial charge in [-0.3, -0.25) is 0 Å². The lowest BCUT2D eigenvalue weighted by atomic mass is 10.2. The molecule has 0 fully saturated rings. The number of halogens is 2. The maximum atomic E-state index is 11.1. The lowest BCUT2D eigenvalue weighted by Gasteiger charge is -2.09. The Hall–Kier alpha value is -0.930. The van der Waals surface area contributed by atoms with Crippen LogP contribution in [0.4, 0.5) is 0 Å². The van der Waals surface area contributed by atoms with Crippen molar-refractivity contribution >= 4 is 29.2 Å². The van der Waals surface area contributed by atoms with E-state index >= 15 is 0 Å². The number of carbonyl (C=O) groups excluding carboxylic acids is 1. The second kappa shape index (κ2) is 6.61. The molecule has 0 amide bonds. The molecule has 16 heavy (non-hydrogen) atoms. The van der Waals surface area contributed by atoms with Gasteiger partial charge in [0.05, 0.1) is 12.5 Å². The van der Waals surface area contributed by atoms with E-state index < -0.39 is 5.97 Å². The fourth-order valence-corrected chi connectivity index (χ4v) is 1.54. The van der Waals surface area contributed by atoms with Gasteiger partial charge in [-0.2, -0.15) is 0 Å². The minimum absolute atomic E-state index is 0.126. The molecule has 0 aliphatic heterocycles. The maximum Gasteiger partial charge on any atom is 0.344 e. The zero-order chi connectivity index (χ0) is 12.0. The quantitative estimate of drug-likeness (QED) is 0.605. The van der Waals surface area contributed by atoms with Gasteiger partial charge in [0.2, 0.25) is 0 Å². The van der Waals surface area contributed by atoms with Gasteiger partial charge in [0, 0.05) is 10.6 Å². The molecule has 0 saturated heterocycles. The molecule has 1 aromatic rings. The highest BCUT2D eigenvalue weighted by Gasteiger charge is 2.07. The van der Waals surface area contributed by atoms with E-state index in [9.17, 15) is 4.79 Å². The summed E-state index contributed by atoms with van der Waals surface area (Å²) in [4.78, 5) is 11.1. The number of rotatable bonds is 5. The van der Waals surface area contributed by atoms with Crippen molar-refractivity contribution in [2.45, 2.75) is 12.8 Å². The molecule has 3 nitrogen and oxygen atoms in total. The average Bonchev–Trinajstić information content (AvgIpc) is 2.27. The number of alkyl halides is 1. The summed E-state index contributed by atoms with van der Waals surface area (Å²) in [7, 11) is 0. The molecule has 0 aromatic heterocycles. The SMILES string of the molecule is CCOC(=O)COc1ccc(Cl)cc1CCl. The summed E-state index contributed by atoms with van der Waals surface area (Å²) in [6.45, 7) is 1.95. The van der Waals surface area contributed by atoms with Crippen LogP contribution in [-0.4, -0.2) is 19.2 Å². The van der Waals surface area contributed by atoms with Crippen LogP contribution in [0.5, 0.6) is 5.75 Å². The van der Waals surface area contributed by atoms with Crippen molar-refractivity contribution < 1.29 is 14.3 Å². The fourth-order valence-electron chi connectivity index (χ4n) is 1.13. The average molecular weight is 263 g/mol. The molecule has 0 heterocycles. The van der Waals surface area contributed by atoms with Gasteiger partial charge in [-0.15, -0.1) is 11.6 Å². The van der Waals surface area contributed by atoms with Crippen molar-refractivity contribution in [1.29, 1.82) is 0 Å². The minimum Gasteiger partial charge on any atom is -0.482 e. The third kappa shape index (κ3) is 3.91. The molecule has 5 heteroatoms. The molecule has 0 atom stereocenters. The molecular formula is C11H12Cl2O3. The minimum atomic E-state index is -0.405. The lowest BCUT2D eigenvalue weighted by molar-refractivity contribution is -0.145. The Morgan fingerprint density at radius 1 is 1.44 bits per heavy atom. The van der Waals surface area contributed by atoms with Gasteiger partial charge in [-0.05, 0) is 25.1 Å². The van der Waals surface area contributed by atoms with Crippen LogP contribution in [-0.2, 0) is 15.4 Å². The maximum absolute atomic E-state index is 11.1. The Balaban J connectivity index is 2.63. The normalized spacial score (nSPS) is 9.94. The number of hydrogen-bond donors (Lipinski definition) is 0. The first-order valence-electron chi connectivity index (χ1n) is 4.80. The highest BCUT2D eigenvalue weighted by molar-refractivity contribution is 6.30. The van der Waals surface area contributed by atoms with Crippen molar-refractivity contribution in [2.24, 2.45) is 0 Å². The standard InChI is InChI=1S/C11H12Cl2O3/c1-2-15-11(14)7-16-10-4-3-9(13)5-8(10)6-12/h3-5H,2,6-7H2,1H3. The van der Waals surface area contributed by atoms with E-state index in [0.29, 0.717) is 17.4 Å². The molecule has 88 valence electrons. The number of ether oxygens (including phenoxy) is 2. The van der Waals surface area contributed by atoms with Gasteiger partial charge in [-0.1, -0.05) is 11.6 Å². The molecule has 0 saturated carbocycles.